The fourth-order valence-corrected chi connectivity index (χ4v) is 3.52. The second kappa shape index (κ2) is 10.3. The van der Waals surface area contributed by atoms with Crippen LogP contribution >= 0.6 is 0 Å². The maximum Gasteiger partial charge on any atom is 0.337 e. The van der Waals surface area contributed by atoms with E-state index in [1.807, 2.05) is 50.2 Å². The molecule has 33 heavy (non-hydrogen) atoms. The molecule has 0 saturated carbocycles. The molecule has 0 unspecified atom stereocenters. The Labute approximate surface area is 192 Å². The van der Waals surface area contributed by atoms with Gasteiger partial charge in [-0.3, -0.25) is 4.79 Å². The molecule has 2 aromatic carbocycles. The van der Waals surface area contributed by atoms with Gasteiger partial charge in [0.15, 0.2) is 0 Å². The van der Waals surface area contributed by atoms with Crippen molar-refractivity contribution in [3.8, 4) is 17.5 Å². The number of hydrogen-bond acceptors (Lipinski definition) is 5. The summed E-state index contributed by atoms with van der Waals surface area (Å²) >= 11 is 0. The van der Waals surface area contributed by atoms with E-state index in [1.54, 1.807) is 37.5 Å². The number of carbonyl (C=O) groups excluding carboxylic acids is 2. The van der Waals surface area contributed by atoms with E-state index >= 15 is 0 Å². The predicted molar refractivity (Wildman–Crippen MR) is 125 cm³/mol. The second-order valence-corrected chi connectivity index (χ2v) is 7.40. The minimum atomic E-state index is -0.469. The molecule has 1 N–H and O–H groups in total. The van der Waals surface area contributed by atoms with Crippen LogP contribution in [-0.2, 0) is 16.1 Å². The Morgan fingerprint density at radius 2 is 1.73 bits per heavy atom. The fourth-order valence-electron chi connectivity index (χ4n) is 3.52. The zero-order valence-corrected chi connectivity index (χ0v) is 19.0. The Balaban J connectivity index is 1.76. The molecule has 1 heterocycles. The topological polar surface area (TPSA) is 93.4 Å². The van der Waals surface area contributed by atoms with Crippen LogP contribution in [0.3, 0.4) is 0 Å². The molecule has 7 nitrogen and oxygen atoms in total. The van der Waals surface area contributed by atoms with Gasteiger partial charge in [-0.1, -0.05) is 12.1 Å². The minimum absolute atomic E-state index is 0.0103. The highest BCUT2D eigenvalue weighted by Crippen LogP contribution is 2.24. The van der Waals surface area contributed by atoms with Crippen molar-refractivity contribution >= 4 is 18.0 Å². The number of nitriles is 1. The number of aromatic nitrogens is 1. The van der Waals surface area contributed by atoms with Crippen LogP contribution in [0.1, 0.15) is 32.9 Å². The third-order valence-corrected chi connectivity index (χ3v) is 5.29. The number of carbonyl (C=O) groups is 2. The lowest BCUT2D eigenvalue weighted by Gasteiger charge is -2.10. The summed E-state index contributed by atoms with van der Waals surface area (Å²) in [6.07, 6.45) is 1.60. The zero-order chi connectivity index (χ0) is 24.0. The summed E-state index contributed by atoms with van der Waals surface area (Å²) in [5.41, 5.74) is 4.88. The average molecular weight is 444 g/mol. The molecule has 0 spiro atoms. The highest BCUT2D eigenvalue weighted by molar-refractivity contribution is 6.01. The number of ether oxygens (including phenoxy) is 2. The van der Waals surface area contributed by atoms with Crippen molar-refractivity contribution in [3.63, 3.8) is 0 Å². The van der Waals surface area contributed by atoms with Crippen molar-refractivity contribution in [3.05, 3.63) is 88.2 Å². The summed E-state index contributed by atoms with van der Waals surface area (Å²) in [6.45, 7) is 4.14. The summed E-state index contributed by atoms with van der Waals surface area (Å²) in [7, 11) is 2.94. The average Bonchev–Trinajstić information content (AvgIpc) is 3.13. The van der Waals surface area contributed by atoms with Gasteiger partial charge < -0.3 is 19.4 Å². The van der Waals surface area contributed by atoms with Crippen LogP contribution in [0.5, 0.6) is 5.75 Å². The first-order chi connectivity index (χ1) is 15.9. The van der Waals surface area contributed by atoms with Gasteiger partial charge in [-0.2, -0.15) is 5.26 Å². The maximum atomic E-state index is 12.6. The maximum absolute atomic E-state index is 12.6. The van der Waals surface area contributed by atoms with Gasteiger partial charge in [0, 0.05) is 23.6 Å². The Hall–Kier alpha value is -4.31. The highest BCUT2D eigenvalue weighted by atomic mass is 16.5. The molecular weight excluding hydrogens is 418 g/mol. The molecule has 0 radical (unpaired) electrons. The summed E-state index contributed by atoms with van der Waals surface area (Å²) < 4.78 is 12.0. The van der Waals surface area contributed by atoms with Crippen LogP contribution < -0.4 is 10.1 Å². The van der Waals surface area contributed by atoms with Crippen LogP contribution in [0.15, 0.2) is 60.2 Å². The van der Waals surface area contributed by atoms with E-state index in [9.17, 15) is 14.9 Å². The normalized spacial score (nSPS) is 10.9. The number of benzene rings is 2. The quantitative estimate of drug-likeness (QED) is 0.337. The fraction of sp³-hybridized carbons (Fsp3) is 0.192. The number of nitrogens with one attached hydrogen (secondary N) is 1. The van der Waals surface area contributed by atoms with Gasteiger partial charge in [-0.05, 0) is 73.5 Å². The Morgan fingerprint density at radius 3 is 2.30 bits per heavy atom. The Bertz CT molecular complexity index is 1230. The number of aryl methyl sites for hydroxylation is 1. The molecule has 0 atom stereocenters. The van der Waals surface area contributed by atoms with Crippen molar-refractivity contribution in [2.45, 2.75) is 20.4 Å². The SMILES string of the molecule is COC(=O)c1ccc(CNC(=O)/C(C#N)=C/c2cc(C)n(-c3ccc(OC)cc3)c2C)cc1. The van der Waals surface area contributed by atoms with E-state index in [-0.39, 0.29) is 12.1 Å². The number of rotatable bonds is 7. The lowest BCUT2D eigenvalue weighted by molar-refractivity contribution is -0.117. The molecule has 0 saturated heterocycles. The van der Waals surface area contributed by atoms with E-state index in [4.69, 9.17) is 4.74 Å². The van der Waals surface area contributed by atoms with Crippen molar-refractivity contribution < 1.29 is 19.1 Å². The third-order valence-electron chi connectivity index (χ3n) is 5.29. The second-order valence-electron chi connectivity index (χ2n) is 7.40. The monoisotopic (exact) mass is 443 g/mol. The van der Waals surface area contributed by atoms with Crippen molar-refractivity contribution in [2.24, 2.45) is 0 Å². The van der Waals surface area contributed by atoms with E-state index in [0.717, 1.165) is 34.0 Å². The highest BCUT2D eigenvalue weighted by Gasteiger charge is 2.14. The van der Waals surface area contributed by atoms with Crippen molar-refractivity contribution in [1.82, 2.24) is 9.88 Å². The van der Waals surface area contributed by atoms with E-state index in [2.05, 4.69) is 14.6 Å². The molecular formula is C26H25N3O4. The van der Waals surface area contributed by atoms with Gasteiger partial charge in [0.25, 0.3) is 5.91 Å². The van der Waals surface area contributed by atoms with Crippen LogP contribution in [0.2, 0.25) is 0 Å². The van der Waals surface area contributed by atoms with Gasteiger partial charge in [-0.15, -0.1) is 0 Å². The molecule has 7 heteroatoms. The lowest BCUT2D eigenvalue weighted by atomic mass is 10.1. The van der Waals surface area contributed by atoms with Crippen molar-refractivity contribution in [2.75, 3.05) is 14.2 Å². The number of methoxy groups -OCH3 is 2. The smallest absolute Gasteiger partial charge is 0.337 e. The predicted octanol–water partition coefficient (Wildman–Crippen LogP) is 4.11. The van der Waals surface area contributed by atoms with Gasteiger partial charge in [0.2, 0.25) is 0 Å². The minimum Gasteiger partial charge on any atom is -0.497 e. The Kier molecular flexibility index (Phi) is 7.31. The first kappa shape index (κ1) is 23.4. The number of amides is 1. The third kappa shape index (κ3) is 5.31. The van der Waals surface area contributed by atoms with Crippen LogP contribution in [0, 0.1) is 25.2 Å². The van der Waals surface area contributed by atoms with Crippen LogP contribution in [0.4, 0.5) is 0 Å². The Morgan fingerprint density at radius 1 is 1.06 bits per heavy atom. The summed E-state index contributed by atoms with van der Waals surface area (Å²) in [4.78, 5) is 24.1. The van der Waals surface area contributed by atoms with E-state index < -0.39 is 11.9 Å². The summed E-state index contributed by atoms with van der Waals surface area (Å²) in [6, 6.07) is 18.3. The van der Waals surface area contributed by atoms with Crippen molar-refractivity contribution in [1.29, 1.82) is 5.26 Å². The molecule has 3 rings (SSSR count). The molecule has 0 bridgehead atoms. The van der Waals surface area contributed by atoms with Gasteiger partial charge >= 0.3 is 5.97 Å². The number of nitrogens with zero attached hydrogens (tertiary/aromatic N) is 2. The first-order valence-electron chi connectivity index (χ1n) is 10.3. The molecule has 0 aliphatic heterocycles. The van der Waals surface area contributed by atoms with Gasteiger partial charge in [0.1, 0.15) is 17.4 Å². The molecule has 1 aromatic heterocycles. The van der Waals surface area contributed by atoms with Gasteiger partial charge in [-0.25, -0.2) is 4.79 Å². The number of esters is 1. The molecule has 1 amide bonds. The number of hydrogen-bond donors (Lipinski definition) is 1. The van der Waals surface area contributed by atoms with Gasteiger partial charge in [0.05, 0.1) is 19.8 Å². The molecule has 168 valence electrons. The molecule has 3 aromatic rings. The van der Waals surface area contributed by atoms with E-state index in [1.165, 1.54) is 7.11 Å². The molecule has 0 aliphatic carbocycles. The van der Waals surface area contributed by atoms with Crippen LogP contribution in [-0.4, -0.2) is 30.7 Å². The van der Waals surface area contributed by atoms with Crippen LogP contribution in [0.25, 0.3) is 11.8 Å². The van der Waals surface area contributed by atoms with E-state index in [0.29, 0.717) is 5.56 Å². The zero-order valence-electron chi connectivity index (χ0n) is 19.0. The molecule has 0 fully saturated rings. The first-order valence-corrected chi connectivity index (χ1v) is 10.3. The standard InChI is InChI=1S/C26H25N3O4/c1-17-13-21(18(2)29(17)23-9-11-24(32-3)12-10-23)14-22(15-27)25(30)28-16-19-5-7-20(8-6-19)26(31)33-4/h5-14H,16H2,1-4H3,(H,28,30)/b22-14+. The summed E-state index contributed by atoms with van der Waals surface area (Å²) in [5, 5.41) is 12.3. The summed E-state index contributed by atoms with van der Waals surface area (Å²) in [5.74, 6) is -0.124. The largest absolute Gasteiger partial charge is 0.497 e. The molecule has 0 aliphatic rings. The lowest BCUT2D eigenvalue weighted by Crippen LogP contribution is -2.24.